The Morgan fingerprint density at radius 3 is 0.676 bits per heavy atom. The maximum Gasteiger partial charge on any atom is 3.00 e. The van der Waals surface area contributed by atoms with Crippen LogP contribution < -0.4 is 0 Å². The van der Waals surface area contributed by atoms with Gasteiger partial charge in [0.2, 0.25) is 0 Å². The Balaban J connectivity index is 0.000000473. The molecule has 0 aliphatic heterocycles. The quantitative estimate of drug-likeness (QED) is 0.382. The van der Waals surface area contributed by atoms with Crippen molar-refractivity contribution in [3.05, 3.63) is 89.5 Å². The summed E-state index contributed by atoms with van der Waals surface area (Å²) < 4.78 is 93.5. The summed E-state index contributed by atoms with van der Waals surface area (Å²) in [6.07, 6.45) is 0. The zero-order chi connectivity index (χ0) is 25.4. The molecule has 0 bridgehead atoms. The zero-order valence-electron chi connectivity index (χ0n) is 18.2. The summed E-state index contributed by atoms with van der Waals surface area (Å²) in [5.74, 6) is 0. The van der Waals surface area contributed by atoms with Crippen molar-refractivity contribution in [2.75, 3.05) is 0 Å². The molecule has 0 saturated carbocycles. The molecule has 3 aromatic rings. The van der Waals surface area contributed by atoms with Gasteiger partial charge in [0.15, 0.2) is 0 Å². The van der Waals surface area contributed by atoms with Gasteiger partial charge in [-0.3, -0.25) is 0 Å². The van der Waals surface area contributed by atoms with Crippen LogP contribution in [-0.4, -0.2) is 38.9 Å². The van der Waals surface area contributed by atoms with Crippen LogP contribution in [0.1, 0.15) is 16.7 Å². The minimum absolute atomic E-state index is 0. The van der Waals surface area contributed by atoms with Crippen LogP contribution in [0, 0.1) is 70.1 Å². The van der Waals surface area contributed by atoms with Gasteiger partial charge in [-0.2, -0.15) is 0 Å². The van der Waals surface area contributed by atoms with E-state index in [4.69, 9.17) is 0 Å². The van der Waals surface area contributed by atoms with Gasteiger partial charge in [0.1, 0.15) is 30.4 Å². The normalized spacial score (nSPS) is 11.1. The van der Waals surface area contributed by atoms with Crippen LogP contribution in [-0.2, 0) is 30.4 Å². The molecule has 34 heavy (non-hydrogen) atoms. The average molecular weight is 666 g/mol. The predicted molar refractivity (Wildman–Crippen MR) is 117 cm³/mol. The van der Waals surface area contributed by atoms with Gasteiger partial charge in [-0.25, -0.2) is 25.3 Å². The molecule has 0 spiro atoms. The van der Waals surface area contributed by atoms with E-state index >= 15 is 0 Å². The molecule has 0 radical (unpaired) electrons. The molecule has 0 atom stereocenters. The largest absolute Gasteiger partial charge is 3.00 e. The second-order valence-corrected chi connectivity index (χ2v) is 10.9. The van der Waals surface area contributed by atoms with Crippen LogP contribution >= 0.6 is 0 Å². The predicted octanol–water partition coefficient (Wildman–Crippen LogP) is 2.70. The first-order valence-corrected chi connectivity index (χ1v) is 13.3. The molecule has 0 amide bonds. The van der Waals surface area contributed by atoms with Crippen LogP contribution in [0.25, 0.3) is 0 Å². The Kier molecular flexibility index (Phi) is 13.5. The molecular weight excluding hydrogens is 644 g/mol. The standard InChI is InChI=1S/3C7H8O3S.Eu/c3*1-6-2-4-7(5-3-6)11(8,9)10;/h3*2-5H,1H3,(H,8,9,10);/q;;;+3/p-3. The summed E-state index contributed by atoms with van der Waals surface area (Å²) >= 11 is 0. The fraction of sp³-hybridized carbons (Fsp3) is 0.143. The molecule has 0 unspecified atom stereocenters. The van der Waals surface area contributed by atoms with Crippen LogP contribution in [0.5, 0.6) is 0 Å². The first-order valence-electron chi connectivity index (χ1n) is 9.08. The number of hydrogen-bond acceptors (Lipinski definition) is 9. The van der Waals surface area contributed by atoms with E-state index in [1.807, 2.05) is 20.8 Å². The van der Waals surface area contributed by atoms with Crippen LogP contribution in [0.3, 0.4) is 0 Å². The van der Waals surface area contributed by atoms with E-state index in [-0.39, 0.29) is 64.1 Å². The van der Waals surface area contributed by atoms with Crippen molar-refractivity contribution in [1.82, 2.24) is 0 Å². The number of rotatable bonds is 3. The fourth-order valence-electron chi connectivity index (χ4n) is 2.11. The van der Waals surface area contributed by atoms with Gasteiger partial charge < -0.3 is 13.7 Å². The maximum atomic E-state index is 10.4. The second kappa shape index (κ2) is 13.9. The van der Waals surface area contributed by atoms with Crippen molar-refractivity contribution < 1.29 is 88.3 Å². The summed E-state index contributed by atoms with van der Waals surface area (Å²) in [5.41, 5.74) is 2.78. The Hall–Kier alpha value is -1.03. The molecule has 0 saturated heterocycles. The van der Waals surface area contributed by atoms with Crippen LogP contribution in [0.15, 0.2) is 87.5 Å². The smallest absolute Gasteiger partial charge is 0.744 e. The molecule has 0 fully saturated rings. The number of benzene rings is 3. The summed E-state index contributed by atoms with van der Waals surface area (Å²) in [6, 6.07) is 17.3. The van der Waals surface area contributed by atoms with Crippen LogP contribution in [0.2, 0.25) is 0 Å². The number of hydrogen-bond donors (Lipinski definition) is 0. The van der Waals surface area contributed by atoms with Gasteiger partial charge in [0, 0.05) is 0 Å². The van der Waals surface area contributed by atoms with E-state index in [1.165, 1.54) is 36.4 Å². The summed E-state index contributed by atoms with van der Waals surface area (Å²) in [5, 5.41) is 0. The van der Waals surface area contributed by atoms with Crippen LogP contribution in [0.4, 0.5) is 0 Å². The Morgan fingerprint density at radius 2 is 0.559 bits per heavy atom. The summed E-state index contributed by atoms with van der Waals surface area (Å²) in [7, 11) is -12.8. The molecule has 0 aliphatic rings. The van der Waals surface area contributed by atoms with Crippen molar-refractivity contribution in [2.24, 2.45) is 0 Å². The van der Waals surface area contributed by atoms with Crippen molar-refractivity contribution in [3.8, 4) is 0 Å². The van der Waals surface area contributed by atoms with Gasteiger partial charge in [-0.1, -0.05) is 53.1 Å². The molecule has 0 N–H and O–H groups in total. The van der Waals surface area contributed by atoms with Gasteiger partial charge >= 0.3 is 49.4 Å². The third-order valence-corrected chi connectivity index (χ3v) is 6.48. The van der Waals surface area contributed by atoms with E-state index in [2.05, 4.69) is 0 Å². The topological polar surface area (TPSA) is 172 Å². The summed E-state index contributed by atoms with van der Waals surface area (Å²) in [4.78, 5) is -0.533. The fourth-order valence-corrected chi connectivity index (χ4v) is 3.52. The minimum Gasteiger partial charge on any atom is -0.744 e. The molecule has 13 heteroatoms. The zero-order valence-corrected chi connectivity index (χ0v) is 23.1. The monoisotopic (exact) mass is 666 g/mol. The molecule has 0 heterocycles. The molecule has 3 rings (SSSR count). The minimum atomic E-state index is -4.27. The Labute approximate surface area is 241 Å². The second-order valence-electron chi connectivity index (χ2n) is 6.80. The van der Waals surface area contributed by atoms with Crippen molar-refractivity contribution in [3.63, 3.8) is 0 Å². The molecule has 0 aromatic heterocycles. The van der Waals surface area contributed by atoms with Crippen molar-refractivity contribution in [1.29, 1.82) is 0 Å². The van der Waals surface area contributed by atoms with Gasteiger partial charge in [-0.05, 0) is 57.2 Å². The van der Waals surface area contributed by atoms with Gasteiger partial charge in [0.25, 0.3) is 0 Å². The molecule has 3 aromatic carbocycles. The van der Waals surface area contributed by atoms with Gasteiger partial charge in [-0.15, -0.1) is 0 Å². The molecule has 184 valence electrons. The van der Waals surface area contributed by atoms with E-state index < -0.39 is 30.4 Å². The molecule has 9 nitrogen and oxygen atoms in total. The van der Waals surface area contributed by atoms with E-state index in [0.717, 1.165) is 16.7 Å². The van der Waals surface area contributed by atoms with Crippen molar-refractivity contribution >= 4 is 30.4 Å². The molecule has 0 aliphatic carbocycles. The average Bonchev–Trinajstić information content (AvgIpc) is 2.68. The summed E-state index contributed by atoms with van der Waals surface area (Å²) in [6.45, 7) is 5.46. The Morgan fingerprint density at radius 1 is 0.412 bits per heavy atom. The first kappa shape index (κ1) is 33.0. The first-order chi connectivity index (χ1) is 15.0. The maximum absolute atomic E-state index is 10.4. The third kappa shape index (κ3) is 12.6. The van der Waals surface area contributed by atoms with Gasteiger partial charge in [0.05, 0.1) is 14.7 Å². The van der Waals surface area contributed by atoms with E-state index in [0.29, 0.717) is 0 Å². The number of aryl methyl sites for hydroxylation is 3. The van der Waals surface area contributed by atoms with Crippen molar-refractivity contribution in [2.45, 2.75) is 35.5 Å². The Bertz CT molecular complexity index is 1190. The third-order valence-electron chi connectivity index (χ3n) is 3.93. The molecular formula is C21H21EuO9S3. The van der Waals surface area contributed by atoms with E-state index in [9.17, 15) is 38.9 Å². The SMILES string of the molecule is Cc1ccc(S(=O)(=O)[O-])cc1.Cc1ccc(S(=O)(=O)[O-])cc1.Cc1ccc(S(=O)(=O)[O-])cc1.[Eu+3]. The van der Waals surface area contributed by atoms with E-state index in [1.54, 1.807) is 36.4 Å².